The van der Waals surface area contributed by atoms with Crippen molar-refractivity contribution >= 4 is 0 Å². The highest BCUT2D eigenvalue weighted by Crippen LogP contribution is 2.32. The topological polar surface area (TPSA) is 6.48 Å². The first-order chi connectivity index (χ1) is 10.0. The van der Waals surface area contributed by atoms with Gasteiger partial charge in [0.2, 0.25) is 0 Å². The summed E-state index contributed by atoms with van der Waals surface area (Å²) in [5.41, 5.74) is 0. The molecule has 1 unspecified atom stereocenters. The van der Waals surface area contributed by atoms with Crippen LogP contribution >= 0.6 is 0 Å². The van der Waals surface area contributed by atoms with E-state index in [9.17, 15) is 0 Å². The SMILES string of the molecule is CC(C)CCN1CCC(C2CCN(CCC(C)C)C2)CC1. The summed E-state index contributed by atoms with van der Waals surface area (Å²) in [4.78, 5) is 5.44. The van der Waals surface area contributed by atoms with Crippen molar-refractivity contribution in [1.82, 2.24) is 9.80 Å². The summed E-state index contributed by atoms with van der Waals surface area (Å²) in [5.74, 6) is 3.73. The van der Waals surface area contributed by atoms with E-state index in [1.54, 1.807) is 0 Å². The fourth-order valence-electron chi connectivity index (χ4n) is 3.98. The monoisotopic (exact) mass is 294 g/mol. The molecule has 2 aliphatic rings. The minimum Gasteiger partial charge on any atom is -0.303 e. The fourth-order valence-corrected chi connectivity index (χ4v) is 3.98. The molecule has 0 bridgehead atoms. The van der Waals surface area contributed by atoms with Crippen molar-refractivity contribution in [2.45, 2.75) is 59.8 Å². The second-order valence-corrected chi connectivity index (χ2v) is 8.39. The third-order valence-electron chi connectivity index (χ3n) is 5.65. The molecule has 21 heavy (non-hydrogen) atoms. The van der Waals surface area contributed by atoms with Crippen molar-refractivity contribution < 1.29 is 0 Å². The van der Waals surface area contributed by atoms with Gasteiger partial charge in [-0.3, -0.25) is 0 Å². The van der Waals surface area contributed by atoms with Gasteiger partial charge >= 0.3 is 0 Å². The van der Waals surface area contributed by atoms with E-state index in [1.807, 2.05) is 0 Å². The number of hydrogen-bond acceptors (Lipinski definition) is 2. The van der Waals surface area contributed by atoms with Crippen LogP contribution in [0.1, 0.15) is 59.8 Å². The molecule has 2 aliphatic heterocycles. The molecule has 2 heterocycles. The molecule has 2 fully saturated rings. The maximum atomic E-state index is 2.73. The van der Waals surface area contributed by atoms with Crippen LogP contribution in [-0.4, -0.2) is 49.1 Å². The summed E-state index contributed by atoms with van der Waals surface area (Å²) in [7, 11) is 0. The van der Waals surface area contributed by atoms with E-state index in [2.05, 4.69) is 37.5 Å². The zero-order valence-electron chi connectivity index (χ0n) is 15.0. The smallest absolute Gasteiger partial charge is 0.00128 e. The van der Waals surface area contributed by atoms with Gasteiger partial charge in [0.15, 0.2) is 0 Å². The van der Waals surface area contributed by atoms with Crippen LogP contribution in [0.15, 0.2) is 0 Å². The quantitative estimate of drug-likeness (QED) is 0.697. The van der Waals surface area contributed by atoms with Crippen LogP contribution in [0.25, 0.3) is 0 Å². The Morgan fingerprint density at radius 3 is 1.76 bits per heavy atom. The molecule has 2 heteroatoms. The third-order valence-corrected chi connectivity index (χ3v) is 5.65. The van der Waals surface area contributed by atoms with Crippen LogP contribution in [0.5, 0.6) is 0 Å². The summed E-state index contributed by atoms with van der Waals surface area (Å²) in [6.45, 7) is 17.5. The molecule has 2 nitrogen and oxygen atoms in total. The number of nitrogens with zero attached hydrogens (tertiary/aromatic N) is 2. The fraction of sp³-hybridized carbons (Fsp3) is 1.00. The number of rotatable bonds is 7. The summed E-state index contributed by atoms with van der Waals surface area (Å²) in [6, 6.07) is 0. The Balaban J connectivity index is 1.64. The maximum absolute atomic E-state index is 2.73. The Hall–Kier alpha value is -0.0800. The normalized spacial score (nSPS) is 26.3. The first-order valence-corrected chi connectivity index (χ1v) is 9.49. The highest BCUT2D eigenvalue weighted by Gasteiger charge is 2.31. The average molecular weight is 295 g/mol. The van der Waals surface area contributed by atoms with Crippen LogP contribution in [0.2, 0.25) is 0 Å². The first kappa shape index (κ1) is 17.3. The lowest BCUT2D eigenvalue weighted by Gasteiger charge is -2.35. The number of hydrogen-bond donors (Lipinski definition) is 0. The van der Waals surface area contributed by atoms with Gasteiger partial charge in [-0.05, 0) is 88.5 Å². The van der Waals surface area contributed by atoms with E-state index in [0.717, 1.165) is 23.7 Å². The number of likely N-dealkylation sites (tertiary alicyclic amines) is 2. The minimum atomic E-state index is 0.854. The summed E-state index contributed by atoms with van der Waals surface area (Å²) < 4.78 is 0. The number of piperidine rings is 1. The molecular weight excluding hydrogens is 256 g/mol. The molecule has 2 saturated heterocycles. The molecule has 0 N–H and O–H groups in total. The molecule has 2 rings (SSSR count). The average Bonchev–Trinajstić information content (AvgIpc) is 2.92. The van der Waals surface area contributed by atoms with Crippen LogP contribution < -0.4 is 0 Å². The van der Waals surface area contributed by atoms with Crippen LogP contribution in [0.3, 0.4) is 0 Å². The third kappa shape index (κ3) is 5.90. The van der Waals surface area contributed by atoms with E-state index in [-0.39, 0.29) is 0 Å². The summed E-state index contributed by atoms with van der Waals surface area (Å²) >= 11 is 0. The van der Waals surface area contributed by atoms with E-state index in [1.165, 1.54) is 71.4 Å². The maximum Gasteiger partial charge on any atom is 0.00128 e. The molecule has 0 aromatic carbocycles. The van der Waals surface area contributed by atoms with Gasteiger partial charge in [0.25, 0.3) is 0 Å². The molecule has 0 radical (unpaired) electrons. The van der Waals surface area contributed by atoms with E-state index >= 15 is 0 Å². The van der Waals surface area contributed by atoms with Gasteiger partial charge in [-0.15, -0.1) is 0 Å². The van der Waals surface area contributed by atoms with Crippen molar-refractivity contribution in [1.29, 1.82) is 0 Å². The van der Waals surface area contributed by atoms with Gasteiger partial charge in [-0.2, -0.15) is 0 Å². The molecule has 0 amide bonds. The second kappa shape index (κ2) is 8.53. The highest BCUT2D eigenvalue weighted by atomic mass is 15.2. The molecule has 0 aromatic heterocycles. The molecular formula is C19H38N2. The lowest BCUT2D eigenvalue weighted by molar-refractivity contribution is 0.141. The van der Waals surface area contributed by atoms with Crippen molar-refractivity contribution in [3.05, 3.63) is 0 Å². The summed E-state index contributed by atoms with van der Waals surface area (Å²) in [6.07, 6.45) is 7.13. The van der Waals surface area contributed by atoms with Gasteiger partial charge < -0.3 is 9.80 Å². The van der Waals surface area contributed by atoms with Crippen molar-refractivity contribution in [2.75, 3.05) is 39.3 Å². The second-order valence-electron chi connectivity index (χ2n) is 8.39. The van der Waals surface area contributed by atoms with Gasteiger partial charge in [-0.25, -0.2) is 0 Å². The van der Waals surface area contributed by atoms with E-state index in [0.29, 0.717) is 0 Å². The molecule has 0 aromatic rings. The lowest BCUT2D eigenvalue weighted by Crippen LogP contribution is -2.37. The largest absolute Gasteiger partial charge is 0.303 e. The minimum absolute atomic E-state index is 0.854. The van der Waals surface area contributed by atoms with Crippen molar-refractivity contribution in [3.63, 3.8) is 0 Å². The zero-order chi connectivity index (χ0) is 15.2. The van der Waals surface area contributed by atoms with Crippen LogP contribution in [0.4, 0.5) is 0 Å². The molecule has 124 valence electrons. The van der Waals surface area contributed by atoms with Crippen LogP contribution in [0, 0.1) is 23.7 Å². The highest BCUT2D eigenvalue weighted by molar-refractivity contribution is 4.84. The predicted octanol–water partition coefficient (Wildman–Crippen LogP) is 4.11. The Labute approximate surface area is 133 Å². The molecule has 0 saturated carbocycles. The Morgan fingerprint density at radius 2 is 1.19 bits per heavy atom. The first-order valence-electron chi connectivity index (χ1n) is 9.49. The van der Waals surface area contributed by atoms with Gasteiger partial charge in [0, 0.05) is 6.54 Å². The molecule has 0 spiro atoms. The van der Waals surface area contributed by atoms with Gasteiger partial charge in [0.1, 0.15) is 0 Å². The van der Waals surface area contributed by atoms with Crippen LogP contribution in [-0.2, 0) is 0 Å². The lowest BCUT2D eigenvalue weighted by atomic mass is 9.83. The standard InChI is InChI=1S/C19H38N2/c1-16(2)5-10-20-12-7-18(8-13-20)19-9-14-21(15-19)11-6-17(3)4/h16-19H,5-15H2,1-4H3. The molecule has 0 aliphatic carbocycles. The predicted molar refractivity (Wildman–Crippen MR) is 92.6 cm³/mol. The zero-order valence-corrected chi connectivity index (χ0v) is 15.0. The van der Waals surface area contributed by atoms with E-state index in [4.69, 9.17) is 0 Å². The Morgan fingerprint density at radius 1 is 0.714 bits per heavy atom. The summed E-state index contributed by atoms with van der Waals surface area (Å²) in [5, 5.41) is 0. The van der Waals surface area contributed by atoms with Gasteiger partial charge in [0.05, 0.1) is 0 Å². The van der Waals surface area contributed by atoms with Crippen molar-refractivity contribution in [2.24, 2.45) is 23.7 Å². The Kier molecular flexibility index (Phi) is 7.01. The van der Waals surface area contributed by atoms with Gasteiger partial charge in [-0.1, -0.05) is 27.7 Å². The molecule has 1 atom stereocenters. The Bertz CT molecular complexity index is 279. The van der Waals surface area contributed by atoms with Crippen molar-refractivity contribution in [3.8, 4) is 0 Å². The van der Waals surface area contributed by atoms with E-state index < -0.39 is 0 Å².